The minimum Gasteiger partial charge on any atom is -0.449 e. The maximum absolute atomic E-state index is 11.9. The van der Waals surface area contributed by atoms with Crippen LogP contribution in [0.1, 0.15) is 17.0 Å². The van der Waals surface area contributed by atoms with Gasteiger partial charge in [-0.15, -0.1) is 0 Å². The van der Waals surface area contributed by atoms with Crippen molar-refractivity contribution in [3.8, 4) is 11.1 Å². The lowest BCUT2D eigenvalue weighted by Crippen LogP contribution is -2.26. The third-order valence-corrected chi connectivity index (χ3v) is 4.44. The summed E-state index contributed by atoms with van der Waals surface area (Å²) in [7, 11) is 0. The van der Waals surface area contributed by atoms with Crippen LogP contribution in [0.4, 0.5) is 4.79 Å². The van der Waals surface area contributed by atoms with Crippen LogP contribution >= 0.6 is 22.6 Å². The molecule has 0 radical (unpaired) electrons. The van der Waals surface area contributed by atoms with Crippen molar-refractivity contribution in [1.82, 2.24) is 5.32 Å². The van der Waals surface area contributed by atoms with E-state index in [1.807, 2.05) is 46.6 Å². The summed E-state index contributed by atoms with van der Waals surface area (Å²) in [5, 5.41) is 2.73. The Bertz CT molecular complexity index is 737. The first kappa shape index (κ1) is 16.8. The van der Waals surface area contributed by atoms with E-state index in [2.05, 4.69) is 52.2 Å². The molecule has 1 amide bonds. The Morgan fingerprint density at radius 2 is 1.67 bits per heavy atom. The highest BCUT2D eigenvalue weighted by atomic mass is 127. The van der Waals surface area contributed by atoms with Gasteiger partial charge in [-0.25, -0.2) is 4.79 Å². The van der Waals surface area contributed by atoms with Crippen molar-refractivity contribution in [2.24, 2.45) is 0 Å². The molecule has 1 aliphatic carbocycles. The van der Waals surface area contributed by atoms with Gasteiger partial charge in [0, 0.05) is 12.5 Å². The number of hydrogen-bond donors (Lipinski definition) is 1. The molecule has 3 rings (SSSR count). The average molecular weight is 431 g/mol. The molecule has 0 aromatic heterocycles. The molecule has 0 saturated heterocycles. The summed E-state index contributed by atoms with van der Waals surface area (Å²) in [6.45, 7) is 0.800. The van der Waals surface area contributed by atoms with E-state index in [0.717, 1.165) is 0 Å². The lowest BCUT2D eigenvalue weighted by Gasteiger charge is -2.14. The number of hydrogen-bond acceptors (Lipinski definition) is 2. The normalized spacial score (nSPS) is 13.2. The molecular weight excluding hydrogens is 413 g/mol. The fraction of sp³-hybridized carbons (Fsp3) is 0.150. The number of amides is 1. The van der Waals surface area contributed by atoms with Crippen molar-refractivity contribution in [3.05, 3.63) is 82.0 Å². The van der Waals surface area contributed by atoms with Crippen molar-refractivity contribution in [2.75, 3.05) is 13.2 Å². The highest BCUT2D eigenvalue weighted by Gasteiger charge is 2.28. The molecule has 3 nitrogen and oxygen atoms in total. The Kier molecular flexibility index (Phi) is 5.69. The first-order valence-corrected chi connectivity index (χ1v) is 9.06. The van der Waals surface area contributed by atoms with Crippen LogP contribution in [0.5, 0.6) is 0 Å². The molecule has 0 aliphatic heterocycles. The van der Waals surface area contributed by atoms with E-state index in [1.54, 1.807) is 0 Å². The van der Waals surface area contributed by atoms with Gasteiger partial charge in [-0.3, -0.25) is 0 Å². The standard InChI is InChI=1S/C20H18INO2/c21-12-6-1-7-13-22-20(23)24-14-19-17-10-4-2-8-15(17)16-9-3-5-11-18(16)19/h1-12,19H,13-14H2,(H,22,23)/b7-1+,12-6+. The minimum atomic E-state index is -0.389. The zero-order valence-corrected chi connectivity index (χ0v) is 15.3. The van der Waals surface area contributed by atoms with Gasteiger partial charge in [-0.05, 0) is 26.3 Å². The number of nitrogens with one attached hydrogen (secondary N) is 1. The van der Waals surface area contributed by atoms with E-state index in [0.29, 0.717) is 13.2 Å². The SMILES string of the molecule is O=C(NC/C=C/C=C/I)OCC1c2ccccc2-c2ccccc21. The number of benzene rings is 2. The molecule has 24 heavy (non-hydrogen) atoms. The molecule has 1 aliphatic rings. The Morgan fingerprint density at radius 3 is 2.29 bits per heavy atom. The molecule has 122 valence electrons. The fourth-order valence-corrected chi connectivity index (χ4v) is 3.22. The zero-order valence-electron chi connectivity index (χ0n) is 13.1. The molecule has 2 aromatic carbocycles. The quantitative estimate of drug-likeness (QED) is 0.533. The van der Waals surface area contributed by atoms with Crippen LogP contribution in [0.3, 0.4) is 0 Å². The van der Waals surface area contributed by atoms with Gasteiger partial charge < -0.3 is 10.1 Å². The van der Waals surface area contributed by atoms with Crippen molar-refractivity contribution in [3.63, 3.8) is 0 Å². The Hall–Kier alpha value is -2.08. The number of ether oxygens (including phenoxy) is 1. The molecule has 0 fully saturated rings. The second-order valence-electron chi connectivity index (χ2n) is 5.45. The van der Waals surface area contributed by atoms with Crippen LogP contribution in [-0.4, -0.2) is 19.2 Å². The number of allylic oxidation sites excluding steroid dienone is 2. The van der Waals surface area contributed by atoms with Crippen LogP contribution < -0.4 is 5.32 Å². The maximum Gasteiger partial charge on any atom is 0.407 e. The van der Waals surface area contributed by atoms with Crippen LogP contribution in [0, 0.1) is 0 Å². The maximum atomic E-state index is 11.9. The molecule has 1 N–H and O–H groups in total. The highest BCUT2D eigenvalue weighted by molar-refractivity contribution is 14.1. The summed E-state index contributed by atoms with van der Waals surface area (Å²) in [4.78, 5) is 11.9. The minimum absolute atomic E-state index is 0.0978. The van der Waals surface area contributed by atoms with Gasteiger partial charge in [0.25, 0.3) is 0 Å². The van der Waals surface area contributed by atoms with Crippen LogP contribution in [0.25, 0.3) is 11.1 Å². The van der Waals surface area contributed by atoms with E-state index in [-0.39, 0.29) is 12.0 Å². The van der Waals surface area contributed by atoms with Crippen molar-refractivity contribution < 1.29 is 9.53 Å². The first-order valence-electron chi connectivity index (χ1n) is 7.82. The summed E-state index contributed by atoms with van der Waals surface area (Å²) >= 11 is 2.14. The molecule has 0 spiro atoms. The van der Waals surface area contributed by atoms with E-state index >= 15 is 0 Å². The van der Waals surface area contributed by atoms with Crippen molar-refractivity contribution in [1.29, 1.82) is 0 Å². The fourth-order valence-electron chi connectivity index (χ4n) is 2.98. The number of fused-ring (bicyclic) bond motifs is 3. The van der Waals surface area contributed by atoms with Crippen LogP contribution in [0.15, 0.2) is 70.8 Å². The van der Waals surface area contributed by atoms with Gasteiger partial charge in [-0.2, -0.15) is 0 Å². The molecule has 0 unspecified atom stereocenters. The van der Waals surface area contributed by atoms with E-state index in [1.165, 1.54) is 22.3 Å². The lowest BCUT2D eigenvalue weighted by atomic mass is 9.98. The molecule has 0 saturated carbocycles. The number of rotatable bonds is 5. The lowest BCUT2D eigenvalue weighted by molar-refractivity contribution is 0.144. The molecule has 0 heterocycles. The molecule has 2 aromatic rings. The Morgan fingerprint density at radius 1 is 1.04 bits per heavy atom. The number of alkyl carbamates (subject to hydrolysis) is 1. The topological polar surface area (TPSA) is 38.3 Å². The number of carbonyl (C=O) groups is 1. The number of halogens is 1. The van der Waals surface area contributed by atoms with Gasteiger partial charge in [0.05, 0.1) is 0 Å². The molecule has 0 bridgehead atoms. The monoisotopic (exact) mass is 431 g/mol. The first-order chi connectivity index (χ1) is 11.8. The summed E-state index contributed by atoms with van der Waals surface area (Å²) in [6, 6.07) is 16.6. The third kappa shape index (κ3) is 3.70. The molecular formula is C20H18INO2. The zero-order chi connectivity index (χ0) is 16.8. The van der Waals surface area contributed by atoms with Gasteiger partial charge in [0.15, 0.2) is 0 Å². The smallest absolute Gasteiger partial charge is 0.407 e. The van der Waals surface area contributed by atoms with E-state index in [4.69, 9.17) is 4.74 Å². The predicted octanol–water partition coefficient (Wildman–Crippen LogP) is 5.03. The predicted molar refractivity (Wildman–Crippen MR) is 105 cm³/mol. The number of carbonyl (C=O) groups excluding carboxylic acids is 1. The molecule has 0 atom stereocenters. The second-order valence-corrected chi connectivity index (χ2v) is 6.17. The third-order valence-electron chi connectivity index (χ3n) is 4.03. The van der Waals surface area contributed by atoms with Crippen LogP contribution in [0.2, 0.25) is 0 Å². The second kappa shape index (κ2) is 8.15. The highest BCUT2D eigenvalue weighted by Crippen LogP contribution is 2.44. The Balaban J connectivity index is 1.64. The van der Waals surface area contributed by atoms with Gasteiger partial charge in [0.1, 0.15) is 6.61 Å². The Labute approximate surface area is 155 Å². The van der Waals surface area contributed by atoms with Crippen molar-refractivity contribution in [2.45, 2.75) is 5.92 Å². The van der Waals surface area contributed by atoms with Crippen LogP contribution in [-0.2, 0) is 4.74 Å². The summed E-state index contributed by atoms with van der Waals surface area (Å²) < 4.78 is 7.35. The summed E-state index contributed by atoms with van der Waals surface area (Å²) in [6.07, 6.45) is 5.27. The van der Waals surface area contributed by atoms with Crippen molar-refractivity contribution >= 4 is 28.7 Å². The van der Waals surface area contributed by atoms with Gasteiger partial charge in [-0.1, -0.05) is 89.3 Å². The van der Waals surface area contributed by atoms with E-state index < -0.39 is 0 Å². The summed E-state index contributed by atoms with van der Waals surface area (Å²) in [5.41, 5.74) is 4.91. The van der Waals surface area contributed by atoms with Gasteiger partial charge >= 0.3 is 6.09 Å². The molecule has 4 heteroatoms. The van der Waals surface area contributed by atoms with E-state index in [9.17, 15) is 4.79 Å². The van der Waals surface area contributed by atoms with Gasteiger partial charge in [0.2, 0.25) is 0 Å². The largest absolute Gasteiger partial charge is 0.449 e. The summed E-state index contributed by atoms with van der Waals surface area (Å²) in [5.74, 6) is 0.0978. The average Bonchev–Trinajstić information content (AvgIpc) is 2.94.